The van der Waals surface area contributed by atoms with Crippen LogP contribution in [0.3, 0.4) is 0 Å². The van der Waals surface area contributed by atoms with Gasteiger partial charge in [0, 0.05) is 48.8 Å². The number of benzene rings is 2. The van der Waals surface area contributed by atoms with Crippen molar-refractivity contribution in [1.29, 1.82) is 0 Å². The molecule has 9 heteroatoms. The van der Waals surface area contributed by atoms with Crippen LogP contribution >= 0.6 is 22.9 Å². The standard InChI is InChI=1S/C25H28ClN3O3S2/c26-21-6-4-19(5-7-21)20-2-1-3-24(18-20)34(30,31)29-15-8-22(9-16-29)28-13-10-23(11-14-28)32-25-27-12-17-33-25/h1-7,12,17-18,22-23H,8-11,13-16H2. The molecule has 0 aliphatic carbocycles. The van der Waals surface area contributed by atoms with Gasteiger partial charge in [0.15, 0.2) is 0 Å². The fourth-order valence-corrected chi connectivity index (χ4v) is 7.04. The van der Waals surface area contributed by atoms with Crippen LogP contribution in [0.4, 0.5) is 0 Å². The third kappa shape index (κ3) is 5.31. The smallest absolute Gasteiger partial charge is 0.273 e. The van der Waals surface area contributed by atoms with E-state index in [0.717, 1.165) is 55.1 Å². The number of nitrogens with zero attached hydrogens (tertiary/aromatic N) is 3. The van der Waals surface area contributed by atoms with E-state index in [4.69, 9.17) is 16.3 Å². The second-order valence-electron chi connectivity index (χ2n) is 8.82. The molecule has 0 saturated carbocycles. The van der Waals surface area contributed by atoms with Crippen molar-refractivity contribution in [1.82, 2.24) is 14.2 Å². The molecule has 34 heavy (non-hydrogen) atoms. The predicted octanol–water partition coefficient (Wildman–Crippen LogP) is 5.16. The third-order valence-corrected chi connectivity index (χ3v) is 9.55. The van der Waals surface area contributed by atoms with Gasteiger partial charge < -0.3 is 9.64 Å². The van der Waals surface area contributed by atoms with Gasteiger partial charge in [-0.15, -0.1) is 0 Å². The first kappa shape index (κ1) is 23.8. The minimum Gasteiger partial charge on any atom is -0.467 e. The van der Waals surface area contributed by atoms with Crippen molar-refractivity contribution in [2.24, 2.45) is 0 Å². The molecule has 2 aliphatic rings. The summed E-state index contributed by atoms with van der Waals surface area (Å²) in [4.78, 5) is 7.07. The molecule has 3 aromatic rings. The Hall–Kier alpha value is -1.97. The quantitative estimate of drug-likeness (QED) is 0.452. The van der Waals surface area contributed by atoms with Gasteiger partial charge in [-0.05, 0) is 61.1 Å². The molecular formula is C25H28ClN3O3S2. The van der Waals surface area contributed by atoms with Gasteiger partial charge in [-0.25, -0.2) is 13.4 Å². The van der Waals surface area contributed by atoms with Gasteiger partial charge >= 0.3 is 0 Å². The molecule has 0 bridgehead atoms. The van der Waals surface area contributed by atoms with Gasteiger partial charge in [0.05, 0.1) is 4.90 Å². The van der Waals surface area contributed by atoms with E-state index in [2.05, 4.69) is 9.88 Å². The number of aromatic nitrogens is 1. The number of piperidine rings is 2. The summed E-state index contributed by atoms with van der Waals surface area (Å²) < 4.78 is 34.4. The Bertz CT molecular complexity index is 1190. The topological polar surface area (TPSA) is 62.7 Å². The zero-order valence-electron chi connectivity index (χ0n) is 18.8. The van der Waals surface area contributed by atoms with Gasteiger partial charge in [-0.1, -0.05) is 47.2 Å². The average molecular weight is 518 g/mol. The zero-order chi connectivity index (χ0) is 23.5. The molecule has 0 unspecified atom stereocenters. The van der Waals surface area contributed by atoms with Gasteiger partial charge in [-0.3, -0.25) is 0 Å². The Balaban J connectivity index is 1.18. The number of thiazole rings is 1. The molecule has 0 amide bonds. The lowest BCUT2D eigenvalue weighted by Gasteiger charge is -2.41. The third-order valence-electron chi connectivity index (χ3n) is 6.74. The fourth-order valence-electron chi connectivity index (χ4n) is 4.85. The highest BCUT2D eigenvalue weighted by atomic mass is 35.5. The van der Waals surface area contributed by atoms with Gasteiger partial charge in [0.25, 0.3) is 5.19 Å². The van der Waals surface area contributed by atoms with Crippen molar-refractivity contribution in [3.05, 3.63) is 65.1 Å². The molecule has 2 fully saturated rings. The largest absolute Gasteiger partial charge is 0.467 e. The van der Waals surface area contributed by atoms with Crippen molar-refractivity contribution in [2.45, 2.75) is 42.7 Å². The first-order valence-corrected chi connectivity index (χ1v) is 14.4. The van der Waals surface area contributed by atoms with Gasteiger partial charge in [0.2, 0.25) is 10.0 Å². The molecule has 2 aromatic carbocycles. The van der Waals surface area contributed by atoms with Crippen LogP contribution in [0.2, 0.25) is 5.02 Å². The molecule has 5 rings (SSSR count). The lowest BCUT2D eigenvalue weighted by atomic mass is 10.00. The van der Waals surface area contributed by atoms with Gasteiger partial charge in [0.1, 0.15) is 6.10 Å². The minimum absolute atomic E-state index is 0.218. The maximum Gasteiger partial charge on any atom is 0.273 e. The summed E-state index contributed by atoms with van der Waals surface area (Å²) in [6.07, 6.45) is 5.66. The Kier molecular flexibility index (Phi) is 7.22. The van der Waals surface area contributed by atoms with Crippen LogP contribution in [-0.4, -0.2) is 60.9 Å². The summed E-state index contributed by atoms with van der Waals surface area (Å²) in [5, 5.41) is 3.34. The lowest BCUT2D eigenvalue weighted by Crippen LogP contribution is -2.50. The molecule has 6 nitrogen and oxygen atoms in total. The van der Waals surface area contributed by atoms with Crippen LogP contribution in [-0.2, 0) is 10.0 Å². The summed E-state index contributed by atoms with van der Waals surface area (Å²) in [7, 11) is -3.53. The highest BCUT2D eigenvalue weighted by Gasteiger charge is 2.33. The normalized spacial score (nSPS) is 19.3. The molecule has 0 spiro atoms. The Labute approximate surface area is 210 Å². The van der Waals surface area contributed by atoms with Crippen LogP contribution in [0.1, 0.15) is 25.7 Å². The number of rotatable bonds is 6. The monoisotopic (exact) mass is 517 g/mol. The first-order valence-electron chi connectivity index (χ1n) is 11.7. The van der Waals surface area contributed by atoms with E-state index < -0.39 is 10.0 Å². The van der Waals surface area contributed by atoms with E-state index in [1.54, 1.807) is 22.6 Å². The van der Waals surface area contributed by atoms with Crippen molar-refractivity contribution in [3.8, 4) is 16.3 Å². The Morgan fingerprint density at radius 1 is 0.941 bits per heavy atom. The first-order chi connectivity index (χ1) is 16.5. The van der Waals surface area contributed by atoms with E-state index in [1.165, 1.54) is 11.3 Å². The number of sulfonamides is 1. The molecule has 1 aromatic heterocycles. The maximum absolute atomic E-state index is 13.4. The summed E-state index contributed by atoms with van der Waals surface area (Å²) >= 11 is 7.53. The van der Waals surface area contributed by atoms with Crippen molar-refractivity contribution >= 4 is 33.0 Å². The van der Waals surface area contributed by atoms with Crippen LogP contribution in [0.25, 0.3) is 11.1 Å². The average Bonchev–Trinajstić information content (AvgIpc) is 3.38. The number of halogens is 1. The SMILES string of the molecule is O=S(=O)(c1cccc(-c2ccc(Cl)cc2)c1)N1CCC(N2CCC(Oc3nccs3)CC2)CC1. The number of hydrogen-bond acceptors (Lipinski definition) is 6. The van der Waals surface area contributed by atoms with Crippen molar-refractivity contribution in [3.63, 3.8) is 0 Å². The highest BCUT2D eigenvalue weighted by Crippen LogP contribution is 2.29. The molecule has 2 aliphatic heterocycles. The minimum atomic E-state index is -3.53. The van der Waals surface area contributed by atoms with Crippen molar-refractivity contribution in [2.75, 3.05) is 26.2 Å². The predicted molar refractivity (Wildman–Crippen MR) is 136 cm³/mol. The summed E-state index contributed by atoms with van der Waals surface area (Å²) in [6.45, 7) is 3.06. The maximum atomic E-state index is 13.4. The number of hydrogen-bond donors (Lipinski definition) is 0. The molecule has 0 N–H and O–H groups in total. The van der Waals surface area contributed by atoms with Crippen molar-refractivity contribution < 1.29 is 13.2 Å². The van der Waals surface area contributed by atoms with E-state index >= 15 is 0 Å². The summed E-state index contributed by atoms with van der Waals surface area (Å²) in [5.41, 5.74) is 1.82. The zero-order valence-corrected chi connectivity index (χ0v) is 21.2. The van der Waals surface area contributed by atoms with Crippen LogP contribution < -0.4 is 4.74 Å². The van der Waals surface area contributed by atoms with Gasteiger partial charge in [-0.2, -0.15) is 4.31 Å². The van der Waals surface area contributed by atoms with E-state index in [0.29, 0.717) is 29.0 Å². The second kappa shape index (κ2) is 10.3. The summed E-state index contributed by atoms with van der Waals surface area (Å²) in [6, 6.07) is 15.1. The molecule has 2 saturated heterocycles. The Morgan fingerprint density at radius 2 is 1.68 bits per heavy atom. The van der Waals surface area contributed by atoms with E-state index in [9.17, 15) is 8.42 Å². The van der Waals surface area contributed by atoms with Crippen LogP contribution in [0, 0.1) is 0 Å². The second-order valence-corrected chi connectivity index (χ2v) is 12.1. The molecule has 3 heterocycles. The fraction of sp³-hybridized carbons (Fsp3) is 0.400. The molecule has 0 radical (unpaired) electrons. The number of ether oxygens (including phenoxy) is 1. The molecule has 0 atom stereocenters. The van der Waals surface area contributed by atoms with Crippen LogP contribution in [0.5, 0.6) is 5.19 Å². The molecule has 180 valence electrons. The highest BCUT2D eigenvalue weighted by molar-refractivity contribution is 7.89. The van der Waals surface area contributed by atoms with Crippen LogP contribution in [0.15, 0.2) is 65.0 Å². The summed E-state index contributed by atoms with van der Waals surface area (Å²) in [5.74, 6) is 0. The van der Waals surface area contributed by atoms with E-state index in [-0.39, 0.29) is 6.10 Å². The lowest BCUT2D eigenvalue weighted by molar-refractivity contribution is 0.0584. The Morgan fingerprint density at radius 3 is 2.35 bits per heavy atom. The molecular weight excluding hydrogens is 490 g/mol. The van der Waals surface area contributed by atoms with E-state index in [1.807, 2.05) is 41.8 Å². The number of likely N-dealkylation sites (tertiary alicyclic amines) is 1.